The van der Waals surface area contributed by atoms with Gasteiger partial charge in [-0.3, -0.25) is 4.79 Å². The predicted octanol–water partition coefficient (Wildman–Crippen LogP) is 1.88. The first-order valence-corrected chi connectivity index (χ1v) is 8.48. The van der Waals surface area contributed by atoms with Crippen molar-refractivity contribution in [2.75, 3.05) is 37.6 Å². The number of aromatic nitrogens is 1. The highest BCUT2D eigenvalue weighted by Crippen LogP contribution is 2.20. The molecule has 120 valence electrons. The Hall–Kier alpha value is -1.62. The van der Waals surface area contributed by atoms with E-state index in [0.29, 0.717) is 18.0 Å². The van der Waals surface area contributed by atoms with Crippen LogP contribution in [0.2, 0.25) is 0 Å². The van der Waals surface area contributed by atoms with Crippen molar-refractivity contribution in [3.05, 3.63) is 23.9 Å². The van der Waals surface area contributed by atoms with Crippen LogP contribution in [-0.2, 0) is 0 Å². The van der Waals surface area contributed by atoms with Gasteiger partial charge in [0.15, 0.2) is 0 Å². The van der Waals surface area contributed by atoms with E-state index >= 15 is 0 Å². The van der Waals surface area contributed by atoms with Gasteiger partial charge in [-0.1, -0.05) is 12.8 Å². The van der Waals surface area contributed by atoms with Gasteiger partial charge in [0.1, 0.15) is 5.82 Å². The Kier molecular flexibility index (Phi) is 4.93. The monoisotopic (exact) mass is 302 g/mol. The Morgan fingerprint density at radius 2 is 1.95 bits per heavy atom. The summed E-state index contributed by atoms with van der Waals surface area (Å²) >= 11 is 0. The average molecular weight is 302 g/mol. The molecule has 1 unspecified atom stereocenters. The highest BCUT2D eigenvalue weighted by atomic mass is 16.2. The fourth-order valence-corrected chi connectivity index (χ4v) is 3.39. The van der Waals surface area contributed by atoms with Crippen LogP contribution < -0.4 is 10.6 Å². The molecule has 0 bridgehead atoms. The molecule has 3 rings (SSSR count). The summed E-state index contributed by atoms with van der Waals surface area (Å²) in [6.45, 7) is 4.41. The summed E-state index contributed by atoms with van der Waals surface area (Å²) in [5.74, 6) is 1.54. The molecule has 22 heavy (non-hydrogen) atoms. The molecule has 3 heterocycles. The lowest BCUT2D eigenvalue weighted by Gasteiger charge is -2.22. The van der Waals surface area contributed by atoms with Crippen LogP contribution in [0.25, 0.3) is 0 Å². The molecule has 0 aliphatic carbocycles. The van der Waals surface area contributed by atoms with Gasteiger partial charge in [0, 0.05) is 32.4 Å². The Balaban J connectivity index is 1.64. The maximum atomic E-state index is 12.5. The Morgan fingerprint density at radius 3 is 2.55 bits per heavy atom. The lowest BCUT2D eigenvalue weighted by molar-refractivity contribution is 0.0787. The molecule has 1 atom stereocenters. The van der Waals surface area contributed by atoms with Crippen LogP contribution in [0, 0.1) is 5.92 Å². The fraction of sp³-hybridized carbons (Fsp3) is 0.647. The number of hydrogen-bond donors (Lipinski definition) is 1. The third-order valence-corrected chi connectivity index (χ3v) is 4.83. The number of carbonyl (C=O) groups excluding carboxylic acids is 1. The summed E-state index contributed by atoms with van der Waals surface area (Å²) < 4.78 is 0. The number of hydrogen-bond acceptors (Lipinski definition) is 4. The molecule has 2 aliphatic heterocycles. The lowest BCUT2D eigenvalue weighted by Crippen LogP contribution is -2.30. The van der Waals surface area contributed by atoms with E-state index in [9.17, 15) is 4.79 Å². The number of rotatable bonds is 3. The van der Waals surface area contributed by atoms with E-state index in [1.165, 1.54) is 25.7 Å². The van der Waals surface area contributed by atoms with Gasteiger partial charge in [0.05, 0.1) is 5.56 Å². The molecule has 5 heteroatoms. The molecule has 0 spiro atoms. The van der Waals surface area contributed by atoms with Crippen LogP contribution in [-0.4, -0.2) is 48.5 Å². The first kappa shape index (κ1) is 15.3. The third kappa shape index (κ3) is 3.40. The minimum absolute atomic E-state index is 0.0888. The molecular formula is C17H26N4O. The van der Waals surface area contributed by atoms with E-state index in [4.69, 9.17) is 5.73 Å². The summed E-state index contributed by atoms with van der Waals surface area (Å²) in [6, 6.07) is 3.92. The van der Waals surface area contributed by atoms with Crippen molar-refractivity contribution in [3.63, 3.8) is 0 Å². The zero-order valence-corrected chi connectivity index (χ0v) is 13.2. The van der Waals surface area contributed by atoms with E-state index in [-0.39, 0.29) is 5.91 Å². The van der Waals surface area contributed by atoms with Crippen LogP contribution in [0.4, 0.5) is 5.82 Å². The normalized spacial score (nSPS) is 22.7. The smallest absolute Gasteiger partial charge is 0.255 e. The first-order valence-electron chi connectivity index (χ1n) is 8.48. The minimum atomic E-state index is 0.0888. The average Bonchev–Trinajstić information content (AvgIpc) is 2.88. The van der Waals surface area contributed by atoms with Crippen molar-refractivity contribution in [1.29, 1.82) is 0 Å². The van der Waals surface area contributed by atoms with Crippen molar-refractivity contribution in [3.8, 4) is 0 Å². The molecule has 1 amide bonds. The van der Waals surface area contributed by atoms with Gasteiger partial charge in [-0.2, -0.15) is 0 Å². The van der Waals surface area contributed by atoms with E-state index in [1.807, 2.05) is 17.0 Å². The van der Waals surface area contributed by atoms with Crippen molar-refractivity contribution < 1.29 is 4.79 Å². The quantitative estimate of drug-likeness (QED) is 0.926. The number of carbonyl (C=O) groups is 1. The second-order valence-corrected chi connectivity index (χ2v) is 6.45. The van der Waals surface area contributed by atoms with Crippen molar-refractivity contribution >= 4 is 11.7 Å². The van der Waals surface area contributed by atoms with Gasteiger partial charge in [-0.25, -0.2) is 4.98 Å². The molecule has 5 nitrogen and oxygen atoms in total. The summed E-state index contributed by atoms with van der Waals surface area (Å²) in [5.41, 5.74) is 6.39. The molecule has 0 aromatic carbocycles. The van der Waals surface area contributed by atoms with Crippen LogP contribution in [0.3, 0.4) is 0 Å². The van der Waals surface area contributed by atoms with Gasteiger partial charge in [-0.05, 0) is 43.9 Å². The van der Waals surface area contributed by atoms with E-state index in [2.05, 4.69) is 9.88 Å². The molecule has 2 fully saturated rings. The molecule has 0 saturated carbocycles. The summed E-state index contributed by atoms with van der Waals surface area (Å²) in [7, 11) is 0. The molecule has 0 radical (unpaired) electrons. The number of nitrogens with two attached hydrogens (primary N) is 1. The second-order valence-electron chi connectivity index (χ2n) is 6.45. The maximum absolute atomic E-state index is 12.5. The number of amides is 1. The Bertz CT molecular complexity index is 494. The molecule has 2 N–H and O–H groups in total. The molecule has 2 aliphatic rings. The van der Waals surface area contributed by atoms with Gasteiger partial charge >= 0.3 is 0 Å². The number of pyridine rings is 1. The number of nitrogens with zero attached hydrogens (tertiary/aromatic N) is 3. The largest absolute Gasteiger partial charge is 0.357 e. The SMILES string of the molecule is NCC1CCN(C(=O)c2ccc(N3CCCCCC3)nc2)C1. The van der Waals surface area contributed by atoms with Crippen LogP contribution in [0.15, 0.2) is 18.3 Å². The van der Waals surface area contributed by atoms with Crippen LogP contribution >= 0.6 is 0 Å². The minimum Gasteiger partial charge on any atom is -0.357 e. The zero-order chi connectivity index (χ0) is 15.4. The standard InChI is InChI=1S/C17H26N4O/c18-11-14-7-10-21(13-14)17(22)15-5-6-16(19-12-15)20-8-3-1-2-4-9-20/h5-6,12,14H,1-4,7-11,13,18H2. The first-order chi connectivity index (χ1) is 10.8. The predicted molar refractivity (Wildman–Crippen MR) is 88.0 cm³/mol. The van der Waals surface area contributed by atoms with Gasteiger partial charge in [0.2, 0.25) is 0 Å². The van der Waals surface area contributed by atoms with E-state index < -0.39 is 0 Å². The van der Waals surface area contributed by atoms with E-state index in [0.717, 1.165) is 38.4 Å². The summed E-state index contributed by atoms with van der Waals surface area (Å²) in [6.07, 6.45) is 7.84. The van der Waals surface area contributed by atoms with Gasteiger partial charge in [0.25, 0.3) is 5.91 Å². The highest BCUT2D eigenvalue weighted by Gasteiger charge is 2.26. The molecule has 1 aromatic heterocycles. The van der Waals surface area contributed by atoms with Crippen LogP contribution in [0.5, 0.6) is 0 Å². The summed E-state index contributed by atoms with van der Waals surface area (Å²) in [4.78, 5) is 21.2. The zero-order valence-electron chi connectivity index (χ0n) is 13.2. The van der Waals surface area contributed by atoms with Crippen molar-refractivity contribution in [2.45, 2.75) is 32.1 Å². The van der Waals surface area contributed by atoms with E-state index in [1.54, 1.807) is 6.20 Å². The lowest BCUT2D eigenvalue weighted by atomic mass is 10.1. The highest BCUT2D eigenvalue weighted by molar-refractivity contribution is 5.94. The fourth-order valence-electron chi connectivity index (χ4n) is 3.39. The number of likely N-dealkylation sites (tertiary alicyclic amines) is 1. The maximum Gasteiger partial charge on any atom is 0.255 e. The van der Waals surface area contributed by atoms with Crippen molar-refractivity contribution in [1.82, 2.24) is 9.88 Å². The molecule has 2 saturated heterocycles. The van der Waals surface area contributed by atoms with Crippen LogP contribution in [0.1, 0.15) is 42.5 Å². The number of anilines is 1. The van der Waals surface area contributed by atoms with Crippen molar-refractivity contribution in [2.24, 2.45) is 11.7 Å². The third-order valence-electron chi connectivity index (χ3n) is 4.83. The molecular weight excluding hydrogens is 276 g/mol. The molecule has 1 aromatic rings. The topological polar surface area (TPSA) is 62.5 Å². The Morgan fingerprint density at radius 1 is 1.18 bits per heavy atom. The van der Waals surface area contributed by atoms with Gasteiger partial charge < -0.3 is 15.5 Å². The summed E-state index contributed by atoms with van der Waals surface area (Å²) in [5, 5.41) is 0. The second kappa shape index (κ2) is 7.09. The van der Waals surface area contributed by atoms with Gasteiger partial charge in [-0.15, -0.1) is 0 Å². The Labute approximate surface area is 132 Å².